The molecule has 1 atom stereocenters. The molecule has 3 amide bonds. The molecule has 0 fully saturated rings. The molecular weight excluding hydrogens is 440 g/mol. The van der Waals surface area contributed by atoms with Crippen molar-refractivity contribution in [3.8, 4) is 0 Å². The fourth-order valence-corrected chi connectivity index (χ4v) is 3.33. The second kappa shape index (κ2) is 13.1. The van der Waals surface area contributed by atoms with Gasteiger partial charge in [-0.15, -0.1) is 0 Å². The summed E-state index contributed by atoms with van der Waals surface area (Å²) in [5, 5.41) is 7.91. The van der Waals surface area contributed by atoms with Crippen LogP contribution < -0.4 is 21.5 Å². The third-order valence-corrected chi connectivity index (χ3v) is 5.58. The molecule has 0 aliphatic rings. The van der Waals surface area contributed by atoms with Gasteiger partial charge in [-0.2, -0.15) is 0 Å². The first-order valence-corrected chi connectivity index (χ1v) is 11.3. The summed E-state index contributed by atoms with van der Waals surface area (Å²) in [6, 6.07) is 1.90. The third-order valence-electron chi connectivity index (χ3n) is 5.58. The van der Waals surface area contributed by atoms with Gasteiger partial charge in [0.15, 0.2) is 0 Å². The Morgan fingerprint density at radius 3 is 2.56 bits per heavy atom. The highest BCUT2D eigenvalue weighted by Gasteiger charge is 2.23. The van der Waals surface area contributed by atoms with Crippen LogP contribution in [0.5, 0.6) is 0 Å². The zero-order chi connectivity index (χ0) is 25.1. The monoisotopic (exact) mass is 472 g/mol. The quantitative estimate of drug-likeness (QED) is 0.369. The van der Waals surface area contributed by atoms with Gasteiger partial charge in [-0.3, -0.25) is 19.2 Å². The second-order valence-corrected chi connectivity index (χ2v) is 7.99. The van der Waals surface area contributed by atoms with E-state index < -0.39 is 23.4 Å². The zero-order valence-electron chi connectivity index (χ0n) is 19.7. The average Bonchev–Trinajstić information content (AvgIpc) is 3.25. The molecule has 0 aliphatic carbocycles. The highest BCUT2D eigenvalue weighted by atomic mass is 16.2. The van der Waals surface area contributed by atoms with E-state index in [9.17, 15) is 24.0 Å². The van der Waals surface area contributed by atoms with Gasteiger partial charge >= 0.3 is 0 Å². The van der Waals surface area contributed by atoms with E-state index in [1.165, 1.54) is 33.9 Å². The molecule has 3 N–H and O–H groups in total. The Morgan fingerprint density at radius 1 is 1.21 bits per heavy atom. The lowest BCUT2D eigenvalue weighted by molar-refractivity contribution is -0.122. The van der Waals surface area contributed by atoms with E-state index in [1.807, 2.05) is 0 Å². The van der Waals surface area contributed by atoms with E-state index in [-0.39, 0.29) is 36.7 Å². The van der Waals surface area contributed by atoms with Crippen molar-refractivity contribution in [3.63, 3.8) is 0 Å². The predicted molar refractivity (Wildman–Crippen MR) is 126 cm³/mol. The van der Waals surface area contributed by atoms with Crippen LogP contribution in [0, 0.1) is 5.92 Å². The minimum Gasteiger partial charge on any atom is -0.354 e. The number of hydrogen-bond donors (Lipinski definition) is 3. The van der Waals surface area contributed by atoms with E-state index in [1.54, 1.807) is 13.1 Å². The molecule has 0 saturated heterocycles. The molecular formula is C23H32N6O5. The Kier molecular flexibility index (Phi) is 10.2. The van der Waals surface area contributed by atoms with Crippen molar-refractivity contribution in [2.45, 2.75) is 52.1 Å². The summed E-state index contributed by atoms with van der Waals surface area (Å²) in [5.41, 5.74) is -0.350. The summed E-state index contributed by atoms with van der Waals surface area (Å²) >= 11 is 0. The van der Waals surface area contributed by atoms with Gasteiger partial charge in [-0.1, -0.05) is 26.7 Å². The normalized spacial score (nSPS) is 11.6. The number of anilines is 1. The number of imidazole rings is 1. The molecule has 0 saturated carbocycles. The van der Waals surface area contributed by atoms with Gasteiger partial charge in [0.05, 0.1) is 12.5 Å². The lowest BCUT2D eigenvalue weighted by Crippen LogP contribution is -2.45. The summed E-state index contributed by atoms with van der Waals surface area (Å²) in [6.45, 7) is 4.46. The number of rotatable bonds is 13. The van der Waals surface area contributed by atoms with E-state index in [0.717, 1.165) is 12.8 Å². The molecule has 34 heavy (non-hydrogen) atoms. The first-order chi connectivity index (χ1) is 16.3. The second-order valence-electron chi connectivity index (χ2n) is 7.99. The van der Waals surface area contributed by atoms with E-state index in [4.69, 9.17) is 0 Å². The number of aryl methyl sites for hydroxylation is 1. The standard InChI is InChI=1S/C23H32N6O5/c1-4-16(5-2)12-25-20(31)14-29-10-6-8-18(23(29)34)27-21(32)17(9-7-11-30)26-22(33)19-13-24-15-28(19)3/h6,8,10-11,13,15-17H,4-5,7,9,12,14H2,1-3H3,(H,25,31)(H,26,33)(H,27,32)/t17-/m0/s1. The molecule has 0 bridgehead atoms. The number of aldehydes is 1. The number of aromatic nitrogens is 3. The van der Waals surface area contributed by atoms with Gasteiger partial charge in [-0.05, 0) is 24.5 Å². The van der Waals surface area contributed by atoms with Crippen molar-refractivity contribution in [2.24, 2.45) is 13.0 Å². The third kappa shape index (κ3) is 7.39. The molecule has 0 radical (unpaired) electrons. The number of carbonyl (C=O) groups is 4. The maximum atomic E-state index is 12.8. The summed E-state index contributed by atoms with van der Waals surface area (Å²) in [5.74, 6) is -1.11. The molecule has 2 rings (SSSR count). The summed E-state index contributed by atoms with van der Waals surface area (Å²) in [6.07, 6.45) is 6.89. The van der Waals surface area contributed by atoms with E-state index >= 15 is 0 Å². The number of pyridine rings is 1. The van der Waals surface area contributed by atoms with Crippen molar-refractivity contribution < 1.29 is 19.2 Å². The van der Waals surface area contributed by atoms with Gasteiger partial charge in [0.1, 0.15) is 30.3 Å². The van der Waals surface area contributed by atoms with Gasteiger partial charge in [0.25, 0.3) is 11.5 Å². The summed E-state index contributed by atoms with van der Waals surface area (Å²) < 4.78 is 2.70. The molecule has 0 spiro atoms. The van der Waals surface area contributed by atoms with Gasteiger partial charge < -0.3 is 29.9 Å². The van der Waals surface area contributed by atoms with Gasteiger partial charge in [-0.25, -0.2) is 4.98 Å². The highest BCUT2D eigenvalue weighted by Crippen LogP contribution is 2.07. The van der Waals surface area contributed by atoms with Crippen LogP contribution in [0.1, 0.15) is 50.0 Å². The van der Waals surface area contributed by atoms with Crippen molar-refractivity contribution in [1.82, 2.24) is 24.8 Å². The Bertz CT molecular complexity index is 1060. The average molecular weight is 473 g/mol. The first-order valence-electron chi connectivity index (χ1n) is 11.3. The maximum Gasteiger partial charge on any atom is 0.274 e. The van der Waals surface area contributed by atoms with E-state index in [2.05, 4.69) is 34.8 Å². The number of hydrogen-bond acceptors (Lipinski definition) is 6. The van der Waals surface area contributed by atoms with Crippen molar-refractivity contribution in [3.05, 3.63) is 46.9 Å². The minimum atomic E-state index is -1.05. The summed E-state index contributed by atoms with van der Waals surface area (Å²) in [7, 11) is 1.63. The Balaban J connectivity index is 2.09. The molecule has 0 aromatic carbocycles. The van der Waals surface area contributed by atoms with Crippen LogP contribution in [0.3, 0.4) is 0 Å². The summed E-state index contributed by atoms with van der Waals surface area (Å²) in [4.78, 5) is 65.1. The number of nitrogens with one attached hydrogen (secondary N) is 3. The van der Waals surface area contributed by atoms with Crippen LogP contribution in [0.2, 0.25) is 0 Å². The smallest absolute Gasteiger partial charge is 0.274 e. The van der Waals surface area contributed by atoms with Crippen LogP contribution >= 0.6 is 0 Å². The van der Waals surface area contributed by atoms with Crippen molar-refractivity contribution >= 4 is 29.7 Å². The van der Waals surface area contributed by atoms with Crippen LogP contribution in [-0.4, -0.2) is 50.7 Å². The van der Waals surface area contributed by atoms with Crippen molar-refractivity contribution in [1.29, 1.82) is 0 Å². The number of carbonyl (C=O) groups excluding carboxylic acids is 4. The highest BCUT2D eigenvalue weighted by molar-refractivity contribution is 6.00. The first kappa shape index (κ1) is 26.5. The Labute approximate surface area is 197 Å². The minimum absolute atomic E-state index is 0.0359. The number of nitrogens with zero attached hydrogens (tertiary/aromatic N) is 3. The fraction of sp³-hybridized carbons (Fsp3) is 0.478. The molecule has 11 heteroatoms. The molecule has 0 aliphatic heterocycles. The SMILES string of the molecule is CCC(CC)CNC(=O)Cn1cccc(NC(=O)[C@H](CCC=O)NC(=O)c2cncn2C)c1=O. The van der Waals surface area contributed by atoms with Crippen molar-refractivity contribution in [2.75, 3.05) is 11.9 Å². The largest absolute Gasteiger partial charge is 0.354 e. The van der Waals surface area contributed by atoms with Crippen LogP contribution in [0.15, 0.2) is 35.6 Å². The van der Waals surface area contributed by atoms with Crippen LogP contribution in [0.4, 0.5) is 5.69 Å². The topological polar surface area (TPSA) is 144 Å². The molecule has 2 aromatic rings. The molecule has 2 heterocycles. The molecule has 2 aromatic heterocycles. The lowest BCUT2D eigenvalue weighted by atomic mass is 10.0. The van der Waals surface area contributed by atoms with Crippen LogP contribution in [-0.2, 0) is 28.0 Å². The molecule has 184 valence electrons. The van der Waals surface area contributed by atoms with Crippen LogP contribution in [0.25, 0.3) is 0 Å². The fourth-order valence-electron chi connectivity index (χ4n) is 3.33. The number of amides is 3. The Hall–Kier alpha value is -3.76. The van der Waals surface area contributed by atoms with Gasteiger partial charge in [0, 0.05) is 26.2 Å². The molecule has 0 unspecified atom stereocenters. The lowest BCUT2D eigenvalue weighted by Gasteiger charge is -2.18. The molecule has 11 nitrogen and oxygen atoms in total. The van der Waals surface area contributed by atoms with Gasteiger partial charge in [0.2, 0.25) is 11.8 Å². The Morgan fingerprint density at radius 2 is 1.94 bits per heavy atom. The maximum absolute atomic E-state index is 12.8. The van der Waals surface area contributed by atoms with E-state index in [0.29, 0.717) is 18.7 Å². The predicted octanol–water partition coefficient (Wildman–Crippen LogP) is 0.850. The zero-order valence-corrected chi connectivity index (χ0v) is 19.7.